The van der Waals surface area contributed by atoms with Crippen molar-refractivity contribution in [3.05, 3.63) is 35.6 Å². The van der Waals surface area contributed by atoms with Gasteiger partial charge in [-0.25, -0.2) is 4.39 Å². The van der Waals surface area contributed by atoms with Gasteiger partial charge in [-0.1, -0.05) is 25.1 Å². The van der Waals surface area contributed by atoms with Crippen LogP contribution in [0.4, 0.5) is 4.39 Å². The molecule has 4 heteroatoms. The van der Waals surface area contributed by atoms with E-state index in [0.29, 0.717) is 12.5 Å². The Kier molecular flexibility index (Phi) is 10.0. The third-order valence-electron chi connectivity index (χ3n) is 3.46. The topological polar surface area (TPSA) is 30.5 Å². The van der Waals surface area contributed by atoms with Gasteiger partial charge in [-0.05, 0) is 49.9 Å². The highest BCUT2D eigenvalue weighted by Crippen LogP contribution is 2.15. The van der Waals surface area contributed by atoms with Crippen molar-refractivity contribution in [2.24, 2.45) is 5.92 Å². The average molecular weight is 297 g/mol. The number of nitrogens with one attached hydrogen (secondary N) is 1. The second-order valence-corrected chi connectivity index (χ2v) is 5.22. The van der Waals surface area contributed by atoms with Crippen LogP contribution in [0.5, 0.6) is 0 Å². The van der Waals surface area contributed by atoms with Gasteiger partial charge in [0.1, 0.15) is 5.82 Å². The molecule has 1 rings (SSSR count). The number of ether oxygens (including phenoxy) is 2. The molecule has 0 spiro atoms. The third kappa shape index (κ3) is 8.15. The van der Waals surface area contributed by atoms with E-state index in [2.05, 4.69) is 12.2 Å². The van der Waals surface area contributed by atoms with Crippen molar-refractivity contribution in [3.8, 4) is 0 Å². The molecule has 0 aliphatic carbocycles. The third-order valence-corrected chi connectivity index (χ3v) is 3.46. The summed E-state index contributed by atoms with van der Waals surface area (Å²) in [7, 11) is 1.70. The molecule has 3 nitrogen and oxygen atoms in total. The molecule has 0 fully saturated rings. The number of halogens is 1. The maximum Gasteiger partial charge on any atom is 0.126 e. The fraction of sp³-hybridized carbons (Fsp3) is 0.647. The summed E-state index contributed by atoms with van der Waals surface area (Å²) in [5.41, 5.74) is 0.791. The summed E-state index contributed by atoms with van der Waals surface area (Å²) in [6.45, 7) is 6.09. The van der Waals surface area contributed by atoms with Crippen LogP contribution in [0.1, 0.15) is 25.3 Å². The Morgan fingerprint density at radius 3 is 2.71 bits per heavy atom. The zero-order chi connectivity index (χ0) is 15.3. The number of hydrogen-bond donors (Lipinski definition) is 1. The highest BCUT2D eigenvalue weighted by molar-refractivity contribution is 5.17. The van der Waals surface area contributed by atoms with Gasteiger partial charge in [-0.15, -0.1) is 0 Å². The van der Waals surface area contributed by atoms with Crippen molar-refractivity contribution < 1.29 is 13.9 Å². The molecule has 0 saturated heterocycles. The first kappa shape index (κ1) is 18.1. The van der Waals surface area contributed by atoms with Crippen LogP contribution >= 0.6 is 0 Å². The summed E-state index contributed by atoms with van der Waals surface area (Å²) in [6.07, 6.45) is 2.61. The second kappa shape index (κ2) is 11.7. The molecule has 0 saturated carbocycles. The quantitative estimate of drug-likeness (QED) is 0.602. The standard InChI is InChI=1S/C17H28FNO2/c1-3-19-14-15(9-12-21-11-6-10-20-2)13-16-7-4-5-8-17(16)18/h4-5,7-8,15,19H,3,6,9-14H2,1-2H3. The average Bonchev–Trinajstić information content (AvgIpc) is 2.50. The first-order valence-electron chi connectivity index (χ1n) is 7.78. The first-order valence-corrected chi connectivity index (χ1v) is 7.78. The minimum atomic E-state index is -0.111. The Bertz CT molecular complexity index is 374. The molecule has 120 valence electrons. The Morgan fingerprint density at radius 2 is 2.00 bits per heavy atom. The van der Waals surface area contributed by atoms with E-state index in [1.54, 1.807) is 13.2 Å². The van der Waals surface area contributed by atoms with Crippen LogP contribution in [0.3, 0.4) is 0 Å². The molecule has 0 aromatic heterocycles. The van der Waals surface area contributed by atoms with Gasteiger partial charge in [-0.3, -0.25) is 0 Å². The molecule has 21 heavy (non-hydrogen) atoms. The van der Waals surface area contributed by atoms with Gasteiger partial charge in [0.05, 0.1) is 0 Å². The van der Waals surface area contributed by atoms with Gasteiger partial charge < -0.3 is 14.8 Å². The van der Waals surface area contributed by atoms with Gasteiger partial charge in [0.25, 0.3) is 0 Å². The highest BCUT2D eigenvalue weighted by atomic mass is 19.1. The summed E-state index contributed by atoms with van der Waals surface area (Å²) in [6, 6.07) is 7.02. The highest BCUT2D eigenvalue weighted by Gasteiger charge is 2.12. The fourth-order valence-corrected chi connectivity index (χ4v) is 2.26. The van der Waals surface area contributed by atoms with E-state index in [4.69, 9.17) is 9.47 Å². The van der Waals surface area contributed by atoms with E-state index in [1.807, 2.05) is 12.1 Å². The van der Waals surface area contributed by atoms with E-state index in [-0.39, 0.29) is 5.82 Å². The minimum absolute atomic E-state index is 0.111. The van der Waals surface area contributed by atoms with Crippen molar-refractivity contribution in [1.29, 1.82) is 0 Å². The van der Waals surface area contributed by atoms with Crippen LogP contribution < -0.4 is 5.32 Å². The maximum atomic E-state index is 13.7. The number of rotatable bonds is 12. The van der Waals surface area contributed by atoms with Crippen molar-refractivity contribution in [2.75, 3.05) is 40.0 Å². The van der Waals surface area contributed by atoms with Crippen LogP contribution in [-0.2, 0) is 15.9 Å². The fourth-order valence-electron chi connectivity index (χ4n) is 2.26. The number of methoxy groups -OCH3 is 1. The van der Waals surface area contributed by atoms with E-state index in [1.165, 1.54) is 6.07 Å². The predicted molar refractivity (Wildman–Crippen MR) is 84.1 cm³/mol. The SMILES string of the molecule is CCNCC(CCOCCCOC)Cc1ccccc1F. The summed E-state index contributed by atoms with van der Waals surface area (Å²) in [5, 5.41) is 3.35. The predicted octanol–water partition coefficient (Wildman–Crippen LogP) is 3.04. The summed E-state index contributed by atoms with van der Waals surface area (Å²) in [4.78, 5) is 0. The van der Waals surface area contributed by atoms with Crippen molar-refractivity contribution in [3.63, 3.8) is 0 Å². The number of hydrogen-bond acceptors (Lipinski definition) is 3. The van der Waals surface area contributed by atoms with E-state index in [0.717, 1.165) is 51.1 Å². The maximum absolute atomic E-state index is 13.7. The zero-order valence-corrected chi connectivity index (χ0v) is 13.2. The van der Waals surface area contributed by atoms with Crippen LogP contribution in [0.15, 0.2) is 24.3 Å². The largest absolute Gasteiger partial charge is 0.385 e. The summed E-state index contributed by atoms with van der Waals surface area (Å²) in [5.74, 6) is 0.282. The molecule has 0 amide bonds. The zero-order valence-electron chi connectivity index (χ0n) is 13.2. The molecule has 1 unspecified atom stereocenters. The smallest absolute Gasteiger partial charge is 0.126 e. The van der Waals surface area contributed by atoms with Crippen LogP contribution in [0.2, 0.25) is 0 Å². The van der Waals surface area contributed by atoms with Gasteiger partial charge in [0, 0.05) is 26.9 Å². The normalized spacial score (nSPS) is 12.5. The summed E-state index contributed by atoms with van der Waals surface area (Å²) >= 11 is 0. The molecule has 0 heterocycles. The molecular formula is C17H28FNO2. The Morgan fingerprint density at radius 1 is 1.19 bits per heavy atom. The van der Waals surface area contributed by atoms with Gasteiger partial charge in [0.2, 0.25) is 0 Å². The molecule has 1 atom stereocenters. The van der Waals surface area contributed by atoms with E-state index < -0.39 is 0 Å². The van der Waals surface area contributed by atoms with Gasteiger partial charge >= 0.3 is 0 Å². The van der Waals surface area contributed by atoms with Crippen molar-refractivity contribution in [1.82, 2.24) is 5.32 Å². The molecule has 1 N–H and O–H groups in total. The van der Waals surface area contributed by atoms with Crippen molar-refractivity contribution in [2.45, 2.75) is 26.2 Å². The summed E-state index contributed by atoms with van der Waals surface area (Å²) < 4.78 is 24.3. The van der Waals surface area contributed by atoms with Crippen LogP contribution in [-0.4, -0.2) is 40.0 Å². The van der Waals surface area contributed by atoms with Crippen molar-refractivity contribution >= 4 is 0 Å². The molecule has 0 aliphatic heterocycles. The Hall–Kier alpha value is -0.970. The lowest BCUT2D eigenvalue weighted by Gasteiger charge is -2.18. The molecule has 0 aliphatic rings. The molecule has 0 bridgehead atoms. The molecule has 0 radical (unpaired) electrons. The van der Waals surface area contributed by atoms with Gasteiger partial charge in [-0.2, -0.15) is 0 Å². The first-order chi connectivity index (χ1) is 10.3. The van der Waals surface area contributed by atoms with Gasteiger partial charge in [0.15, 0.2) is 0 Å². The molecule has 1 aromatic rings. The van der Waals surface area contributed by atoms with E-state index >= 15 is 0 Å². The Labute approximate surface area is 127 Å². The van der Waals surface area contributed by atoms with Crippen LogP contribution in [0.25, 0.3) is 0 Å². The second-order valence-electron chi connectivity index (χ2n) is 5.22. The lowest BCUT2D eigenvalue weighted by atomic mass is 9.96. The van der Waals surface area contributed by atoms with Crippen LogP contribution in [0, 0.1) is 11.7 Å². The minimum Gasteiger partial charge on any atom is -0.385 e. The molecule has 1 aromatic carbocycles. The molecular weight excluding hydrogens is 269 g/mol. The monoisotopic (exact) mass is 297 g/mol. The Balaban J connectivity index is 2.35. The van der Waals surface area contributed by atoms with E-state index in [9.17, 15) is 4.39 Å². The lowest BCUT2D eigenvalue weighted by molar-refractivity contribution is 0.0935. The lowest BCUT2D eigenvalue weighted by Crippen LogP contribution is -2.25. The number of benzene rings is 1.